The molecule has 0 fully saturated rings. The highest BCUT2D eigenvalue weighted by Crippen LogP contribution is 2.58. The monoisotopic (exact) mass is 264 g/mol. The molecule has 0 aliphatic heterocycles. The Balaban J connectivity index is 2.34. The summed E-state index contributed by atoms with van der Waals surface area (Å²) in [6, 6.07) is 7.80. The van der Waals surface area contributed by atoms with Crippen LogP contribution in [-0.4, -0.2) is 17.8 Å². The van der Waals surface area contributed by atoms with Gasteiger partial charge in [-0.2, -0.15) is 9.98 Å². The van der Waals surface area contributed by atoms with Crippen LogP contribution in [0.1, 0.15) is 25.0 Å². The predicted molar refractivity (Wildman–Crippen MR) is 75.2 cm³/mol. The molecule has 4 heteroatoms. The van der Waals surface area contributed by atoms with E-state index >= 15 is 0 Å². The maximum atomic E-state index is 10.9. The van der Waals surface area contributed by atoms with Crippen LogP contribution in [0.2, 0.25) is 0 Å². The van der Waals surface area contributed by atoms with E-state index in [2.05, 4.69) is 9.98 Å². The van der Waals surface area contributed by atoms with Gasteiger partial charge in [0.05, 0.1) is 0 Å². The Labute approximate surface area is 116 Å². The van der Waals surface area contributed by atoms with Gasteiger partial charge in [0.1, 0.15) is 0 Å². The molecule has 1 aromatic carbocycles. The predicted octanol–water partition coefficient (Wildman–Crippen LogP) is 2.87. The van der Waals surface area contributed by atoms with E-state index in [1.54, 1.807) is 12.2 Å². The molecule has 0 radical (unpaired) electrons. The maximum absolute atomic E-state index is 10.9. The number of hydrogen-bond donors (Lipinski definition) is 0. The first-order valence-electron chi connectivity index (χ1n) is 6.29. The van der Waals surface area contributed by atoms with E-state index in [1.807, 2.05) is 50.3 Å². The standard InChI is InChI=1S/C16H12N2O2/c1-15(2)8-7-13-11-5-3-4-6-12(11)14(13)16(15,17-9-19)18-10-20/h3-8H,1-2H3. The summed E-state index contributed by atoms with van der Waals surface area (Å²) in [4.78, 5) is 29.6. The highest BCUT2D eigenvalue weighted by atomic mass is 16.1. The number of allylic oxidation sites excluding steroid dienone is 2. The molecule has 98 valence electrons. The number of nitrogens with zero attached hydrogens (tertiary/aromatic N) is 2. The van der Waals surface area contributed by atoms with Crippen LogP contribution in [-0.2, 0) is 9.59 Å². The van der Waals surface area contributed by atoms with Gasteiger partial charge in [-0.25, -0.2) is 9.59 Å². The Hall–Kier alpha value is -2.54. The second-order valence-corrected chi connectivity index (χ2v) is 5.47. The molecule has 2 aliphatic carbocycles. The summed E-state index contributed by atoms with van der Waals surface area (Å²) in [5.74, 6) is 0. The summed E-state index contributed by atoms with van der Waals surface area (Å²) in [5, 5.41) is 0. The van der Waals surface area contributed by atoms with Crippen molar-refractivity contribution in [1.82, 2.24) is 0 Å². The molecule has 0 N–H and O–H groups in total. The molecule has 0 unspecified atom stereocenters. The van der Waals surface area contributed by atoms with Crippen molar-refractivity contribution in [2.75, 3.05) is 0 Å². The van der Waals surface area contributed by atoms with Gasteiger partial charge in [-0.05, 0) is 16.7 Å². The molecule has 0 aromatic heterocycles. The van der Waals surface area contributed by atoms with E-state index < -0.39 is 11.1 Å². The van der Waals surface area contributed by atoms with Crippen molar-refractivity contribution in [1.29, 1.82) is 0 Å². The van der Waals surface area contributed by atoms with Gasteiger partial charge in [0.25, 0.3) is 0 Å². The zero-order chi connectivity index (χ0) is 14.4. The van der Waals surface area contributed by atoms with Gasteiger partial charge in [0.15, 0.2) is 0 Å². The number of fused-ring (bicyclic) bond motifs is 3. The van der Waals surface area contributed by atoms with Crippen LogP contribution >= 0.6 is 0 Å². The van der Waals surface area contributed by atoms with Gasteiger partial charge in [-0.15, -0.1) is 0 Å². The third-order valence-corrected chi connectivity index (χ3v) is 4.08. The second kappa shape index (κ2) is 3.97. The number of benzene rings is 1. The number of carbonyl (C=O) groups excluding carboxylic acids is 2. The van der Waals surface area contributed by atoms with Crippen molar-refractivity contribution >= 4 is 23.3 Å². The Morgan fingerprint density at radius 2 is 1.60 bits per heavy atom. The lowest BCUT2D eigenvalue weighted by molar-refractivity contribution is 0.303. The molecule has 2 aliphatic rings. The summed E-state index contributed by atoms with van der Waals surface area (Å²) >= 11 is 0. The Bertz CT molecular complexity index is 740. The van der Waals surface area contributed by atoms with Gasteiger partial charge >= 0.3 is 0 Å². The summed E-state index contributed by atoms with van der Waals surface area (Å²) in [7, 11) is 0. The summed E-state index contributed by atoms with van der Waals surface area (Å²) in [6.07, 6.45) is 7.05. The van der Waals surface area contributed by atoms with Crippen LogP contribution in [0.25, 0.3) is 11.1 Å². The molecule has 0 atom stereocenters. The molecule has 0 saturated carbocycles. The Kier molecular flexibility index (Phi) is 2.48. The minimum atomic E-state index is -1.27. The number of hydrogen-bond acceptors (Lipinski definition) is 4. The normalized spacial score (nSPS) is 24.7. The molecule has 0 saturated heterocycles. The Morgan fingerprint density at radius 1 is 1.00 bits per heavy atom. The third-order valence-electron chi connectivity index (χ3n) is 4.08. The molecule has 4 nitrogen and oxygen atoms in total. The molecular weight excluding hydrogens is 252 g/mol. The van der Waals surface area contributed by atoms with E-state index in [0.717, 1.165) is 22.3 Å². The van der Waals surface area contributed by atoms with Crippen molar-refractivity contribution in [2.45, 2.75) is 19.5 Å². The van der Waals surface area contributed by atoms with Crippen molar-refractivity contribution in [3.63, 3.8) is 0 Å². The smallest absolute Gasteiger partial charge is 0.211 e. The largest absolute Gasteiger partial charge is 0.237 e. The quantitative estimate of drug-likeness (QED) is 0.609. The number of isocyanates is 2. The fourth-order valence-electron chi connectivity index (χ4n) is 2.99. The molecule has 1 aromatic rings. The van der Waals surface area contributed by atoms with E-state index in [-0.39, 0.29) is 0 Å². The highest BCUT2D eigenvalue weighted by molar-refractivity contribution is 6.12. The average Bonchev–Trinajstić information content (AvgIpc) is 2.39. The van der Waals surface area contributed by atoms with Gasteiger partial charge in [-0.3, -0.25) is 0 Å². The second-order valence-electron chi connectivity index (χ2n) is 5.47. The molecule has 3 rings (SSSR count). The zero-order valence-corrected chi connectivity index (χ0v) is 11.2. The van der Waals surface area contributed by atoms with Crippen LogP contribution in [0.4, 0.5) is 0 Å². The lowest BCUT2D eigenvalue weighted by atomic mass is 9.62. The van der Waals surface area contributed by atoms with Crippen LogP contribution in [0.3, 0.4) is 0 Å². The fraction of sp³-hybridized carbons (Fsp3) is 0.250. The fourth-order valence-corrected chi connectivity index (χ4v) is 2.99. The van der Waals surface area contributed by atoms with E-state index in [9.17, 15) is 9.59 Å². The van der Waals surface area contributed by atoms with Crippen molar-refractivity contribution in [3.05, 3.63) is 47.5 Å². The van der Waals surface area contributed by atoms with Gasteiger partial charge in [0.2, 0.25) is 17.8 Å². The molecule has 0 bridgehead atoms. The lowest BCUT2D eigenvalue weighted by Gasteiger charge is -2.46. The first-order valence-corrected chi connectivity index (χ1v) is 6.29. The molecule has 0 amide bonds. The van der Waals surface area contributed by atoms with E-state index in [0.29, 0.717) is 0 Å². The summed E-state index contributed by atoms with van der Waals surface area (Å²) in [6.45, 7) is 3.77. The first kappa shape index (κ1) is 12.5. The van der Waals surface area contributed by atoms with E-state index in [1.165, 1.54) is 0 Å². The van der Waals surface area contributed by atoms with Crippen LogP contribution in [0.15, 0.2) is 46.4 Å². The van der Waals surface area contributed by atoms with Crippen LogP contribution < -0.4 is 0 Å². The van der Waals surface area contributed by atoms with Gasteiger partial charge < -0.3 is 0 Å². The van der Waals surface area contributed by atoms with E-state index in [4.69, 9.17) is 0 Å². The summed E-state index contributed by atoms with van der Waals surface area (Å²) < 4.78 is 0. The molecule has 0 spiro atoms. The topological polar surface area (TPSA) is 58.9 Å². The minimum Gasteiger partial charge on any atom is -0.211 e. The maximum Gasteiger partial charge on any atom is 0.237 e. The Morgan fingerprint density at radius 3 is 2.20 bits per heavy atom. The van der Waals surface area contributed by atoms with Crippen molar-refractivity contribution < 1.29 is 9.59 Å². The van der Waals surface area contributed by atoms with Crippen LogP contribution in [0, 0.1) is 5.41 Å². The minimum absolute atomic E-state index is 0.603. The van der Waals surface area contributed by atoms with Gasteiger partial charge in [0, 0.05) is 11.0 Å². The number of rotatable bonds is 2. The SMILES string of the molecule is CC1(C)C=CC2=C(c3ccccc32)C1(N=C=O)N=C=O. The molecule has 20 heavy (non-hydrogen) atoms. The molecule has 0 heterocycles. The first-order chi connectivity index (χ1) is 9.57. The molecular formula is C16H12N2O2. The summed E-state index contributed by atoms with van der Waals surface area (Å²) in [5.41, 5.74) is 1.95. The zero-order valence-electron chi connectivity index (χ0n) is 11.2. The van der Waals surface area contributed by atoms with Crippen LogP contribution in [0.5, 0.6) is 0 Å². The average molecular weight is 264 g/mol. The highest BCUT2D eigenvalue weighted by Gasteiger charge is 2.54. The third kappa shape index (κ3) is 1.32. The lowest BCUT2D eigenvalue weighted by Crippen LogP contribution is -2.45. The number of aliphatic imine (C=N–C) groups is 2. The van der Waals surface area contributed by atoms with Crippen molar-refractivity contribution in [3.8, 4) is 0 Å². The van der Waals surface area contributed by atoms with Crippen molar-refractivity contribution in [2.24, 2.45) is 15.4 Å². The van der Waals surface area contributed by atoms with Gasteiger partial charge in [-0.1, -0.05) is 50.3 Å².